The Balaban J connectivity index is 1.81. The number of hydrogen-bond donors (Lipinski definition) is 0. The third-order valence-electron chi connectivity index (χ3n) is 4.13. The van der Waals surface area contributed by atoms with Gasteiger partial charge in [0.25, 0.3) is 5.56 Å². The second-order valence-electron chi connectivity index (χ2n) is 5.96. The van der Waals surface area contributed by atoms with Crippen LogP contribution in [0.25, 0.3) is 11.3 Å². The van der Waals surface area contributed by atoms with Crippen LogP contribution in [0.15, 0.2) is 71.5 Å². The highest BCUT2D eigenvalue weighted by molar-refractivity contribution is 5.92. The van der Waals surface area contributed by atoms with Crippen molar-refractivity contribution in [3.8, 4) is 17.0 Å². The Kier molecular flexibility index (Phi) is 5.66. The average Bonchev–Trinajstić information content (AvgIpc) is 2.70. The molecule has 2 aromatic carbocycles. The summed E-state index contributed by atoms with van der Waals surface area (Å²) in [6, 6.07) is 19.8. The van der Waals surface area contributed by atoms with Gasteiger partial charge in [-0.25, -0.2) is 4.68 Å². The van der Waals surface area contributed by atoms with Crippen LogP contribution in [0.5, 0.6) is 5.75 Å². The van der Waals surface area contributed by atoms with Crippen molar-refractivity contribution in [3.63, 3.8) is 0 Å². The van der Waals surface area contributed by atoms with Crippen molar-refractivity contribution in [2.75, 3.05) is 18.6 Å². The van der Waals surface area contributed by atoms with Crippen LogP contribution in [-0.2, 0) is 11.3 Å². The molecule has 0 aliphatic heterocycles. The summed E-state index contributed by atoms with van der Waals surface area (Å²) in [6.45, 7) is 2.39. The van der Waals surface area contributed by atoms with Gasteiger partial charge in [-0.1, -0.05) is 18.2 Å². The summed E-state index contributed by atoms with van der Waals surface area (Å²) in [6.07, 6.45) is 0. The average molecular weight is 363 g/mol. The summed E-state index contributed by atoms with van der Waals surface area (Å²) < 4.78 is 6.62. The maximum Gasteiger partial charge on any atom is 0.267 e. The third-order valence-corrected chi connectivity index (χ3v) is 4.13. The zero-order valence-electron chi connectivity index (χ0n) is 15.3. The molecular weight excluding hydrogens is 342 g/mol. The van der Waals surface area contributed by atoms with Gasteiger partial charge >= 0.3 is 0 Å². The number of para-hydroxylation sites is 1. The van der Waals surface area contributed by atoms with Gasteiger partial charge in [0, 0.05) is 24.4 Å². The van der Waals surface area contributed by atoms with E-state index in [4.69, 9.17) is 4.74 Å². The predicted molar refractivity (Wildman–Crippen MR) is 105 cm³/mol. The molecule has 1 amide bonds. The zero-order valence-corrected chi connectivity index (χ0v) is 15.3. The Morgan fingerprint density at radius 3 is 2.41 bits per heavy atom. The molecule has 0 N–H and O–H groups in total. The van der Waals surface area contributed by atoms with E-state index in [9.17, 15) is 9.59 Å². The first kappa shape index (κ1) is 18.4. The monoisotopic (exact) mass is 363 g/mol. The van der Waals surface area contributed by atoms with E-state index in [1.165, 1.54) is 15.6 Å². The van der Waals surface area contributed by atoms with Gasteiger partial charge in [0.2, 0.25) is 5.91 Å². The van der Waals surface area contributed by atoms with Gasteiger partial charge in [-0.15, -0.1) is 0 Å². The molecule has 0 aliphatic rings. The fraction of sp³-hybridized carbons (Fsp3) is 0.190. The van der Waals surface area contributed by atoms with Crippen molar-refractivity contribution >= 4 is 11.6 Å². The van der Waals surface area contributed by atoms with Gasteiger partial charge in [0.1, 0.15) is 12.3 Å². The van der Waals surface area contributed by atoms with Crippen LogP contribution in [0.4, 0.5) is 5.69 Å². The topological polar surface area (TPSA) is 64.4 Å². The van der Waals surface area contributed by atoms with E-state index in [0.717, 1.165) is 17.0 Å². The highest BCUT2D eigenvalue weighted by atomic mass is 16.5. The summed E-state index contributed by atoms with van der Waals surface area (Å²) in [5, 5.41) is 4.35. The van der Waals surface area contributed by atoms with Crippen molar-refractivity contribution in [2.24, 2.45) is 0 Å². The molecule has 0 saturated carbocycles. The molecule has 0 radical (unpaired) electrons. The quantitative estimate of drug-likeness (QED) is 0.675. The normalized spacial score (nSPS) is 10.4. The van der Waals surface area contributed by atoms with Crippen LogP contribution in [0.3, 0.4) is 0 Å². The minimum absolute atomic E-state index is 0.130. The largest absolute Gasteiger partial charge is 0.494 e. The summed E-state index contributed by atoms with van der Waals surface area (Å²) in [5.74, 6) is 0.550. The van der Waals surface area contributed by atoms with E-state index >= 15 is 0 Å². The number of likely N-dealkylation sites (N-methyl/N-ethyl adjacent to an activating group) is 1. The maximum atomic E-state index is 12.5. The molecule has 27 heavy (non-hydrogen) atoms. The molecule has 0 aliphatic carbocycles. The lowest BCUT2D eigenvalue weighted by Crippen LogP contribution is -2.34. The highest BCUT2D eigenvalue weighted by Crippen LogP contribution is 2.20. The minimum atomic E-state index is -0.320. The number of nitrogens with zero attached hydrogens (tertiary/aromatic N) is 3. The van der Waals surface area contributed by atoms with Crippen molar-refractivity contribution in [2.45, 2.75) is 13.5 Å². The van der Waals surface area contributed by atoms with Crippen LogP contribution >= 0.6 is 0 Å². The molecule has 0 spiro atoms. The van der Waals surface area contributed by atoms with Gasteiger partial charge < -0.3 is 9.64 Å². The zero-order chi connectivity index (χ0) is 19.2. The van der Waals surface area contributed by atoms with E-state index in [1.807, 2.05) is 61.5 Å². The first-order valence-electron chi connectivity index (χ1n) is 8.71. The van der Waals surface area contributed by atoms with E-state index in [-0.39, 0.29) is 18.0 Å². The molecule has 6 nitrogen and oxygen atoms in total. The lowest BCUT2D eigenvalue weighted by atomic mass is 10.1. The Hall–Kier alpha value is -3.41. The van der Waals surface area contributed by atoms with Crippen LogP contribution < -0.4 is 15.2 Å². The third kappa shape index (κ3) is 4.41. The smallest absolute Gasteiger partial charge is 0.267 e. The molecular formula is C21H21N3O3. The van der Waals surface area contributed by atoms with E-state index in [0.29, 0.717) is 12.3 Å². The fourth-order valence-electron chi connectivity index (χ4n) is 2.63. The van der Waals surface area contributed by atoms with Gasteiger partial charge in [-0.2, -0.15) is 5.10 Å². The minimum Gasteiger partial charge on any atom is -0.494 e. The summed E-state index contributed by atoms with van der Waals surface area (Å²) >= 11 is 0. The van der Waals surface area contributed by atoms with Crippen LogP contribution in [0.2, 0.25) is 0 Å². The Morgan fingerprint density at radius 2 is 1.74 bits per heavy atom. The molecule has 3 aromatic rings. The Bertz CT molecular complexity index is 966. The molecule has 0 fully saturated rings. The van der Waals surface area contributed by atoms with Crippen LogP contribution in [-0.4, -0.2) is 29.3 Å². The molecule has 6 heteroatoms. The van der Waals surface area contributed by atoms with Crippen molar-refractivity contribution in [1.82, 2.24) is 9.78 Å². The number of rotatable bonds is 6. The predicted octanol–water partition coefficient (Wildman–Crippen LogP) is 2.97. The van der Waals surface area contributed by atoms with Gasteiger partial charge in [-0.3, -0.25) is 9.59 Å². The van der Waals surface area contributed by atoms with Gasteiger partial charge in [-0.05, 0) is 49.4 Å². The lowest BCUT2D eigenvalue weighted by Gasteiger charge is -2.17. The van der Waals surface area contributed by atoms with E-state index in [1.54, 1.807) is 13.1 Å². The van der Waals surface area contributed by atoms with Crippen molar-refractivity contribution in [3.05, 3.63) is 77.1 Å². The molecule has 0 unspecified atom stereocenters. The molecule has 0 saturated heterocycles. The number of amides is 1. The molecule has 1 aromatic heterocycles. The van der Waals surface area contributed by atoms with Gasteiger partial charge in [0.15, 0.2) is 0 Å². The number of ether oxygens (including phenoxy) is 1. The summed E-state index contributed by atoms with van der Waals surface area (Å²) in [4.78, 5) is 26.2. The fourth-order valence-corrected chi connectivity index (χ4v) is 2.63. The summed E-state index contributed by atoms with van der Waals surface area (Å²) in [5.41, 5.74) is 1.90. The molecule has 0 bridgehead atoms. The molecule has 3 rings (SSSR count). The van der Waals surface area contributed by atoms with Crippen LogP contribution in [0.1, 0.15) is 6.92 Å². The van der Waals surface area contributed by atoms with Crippen molar-refractivity contribution < 1.29 is 9.53 Å². The molecule has 0 atom stereocenters. The molecule has 1 heterocycles. The summed E-state index contributed by atoms with van der Waals surface area (Å²) in [7, 11) is 1.68. The first-order chi connectivity index (χ1) is 13.1. The first-order valence-corrected chi connectivity index (χ1v) is 8.71. The number of hydrogen-bond acceptors (Lipinski definition) is 4. The SMILES string of the molecule is CCOc1ccc(-c2ccc(=O)n(CC(=O)N(C)c3ccccc3)n2)cc1. The lowest BCUT2D eigenvalue weighted by molar-refractivity contribution is -0.119. The second-order valence-corrected chi connectivity index (χ2v) is 5.96. The standard InChI is InChI=1S/C21H21N3O3/c1-3-27-18-11-9-16(10-12-18)19-13-14-20(25)24(22-19)15-21(26)23(2)17-7-5-4-6-8-17/h4-14H,3,15H2,1-2H3. The van der Waals surface area contributed by atoms with E-state index < -0.39 is 0 Å². The number of carbonyl (C=O) groups is 1. The number of anilines is 1. The number of carbonyl (C=O) groups excluding carboxylic acids is 1. The Morgan fingerprint density at radius 1 is 1.04 bits per heavy atom. The number of aromatic nitrogens is 2. The number of benzene rings is 2. The van der Waals surface area contributed by atoms with Crippen molar-refractivity contribution in [1.29, 1.82) is 0 Å². The maximum absolute atomic E-state index is 12.5. The highest BCUT2D eigenvalue weighted by Gasteiger charge is 2.13. The molecule has 138 valence electrons. The van der Waals surface area contributed by atoms with E-state index in [2.05, 4.69) is 5.10 Å². The Labute approximate surface area is 157 Å². The van der Waals surface area contributed by atoms with Gasteiger partial charge in [0.05, 0.1) is 12.3 Å². The second kappa shape index (κ2) is 8.31. The van der Waals surface area contributed by atoms with Crippen LogP contribution in [0, 0.1) is 0 Å².